The number of hydrogen-bond acceptors (Lipinski definition) is 6. The number of anilines is 1. The van der Waals surface area contributed by atoms with Gasteiger partial charge in [-0.1, -0.05) is 36.8 Å². The van der Waals surface area contributed by atoms with Crippen LogP contribution in [0.4, 0.5) is 10.1 Å². The third kappa shape index (κ3) is 6.35. The first-order valence-electron chi connectivity index (χ1n) is 11.9. The van der Waals surface area contributed by atoms with E-state index in [9.17, 15) is 22.4 Å². The van der Waals surface area contributed by atoms with Gasteiger partial charge in [0.2, 0.25) is 0 Å². The van der Waals surface area contributed by atoms with Crippen molar-refractivity contribution in [2.45, 2.75) is 37.6 Å². The number of nitrogens with one attached hydrogen (secondary N) is 1. The summed E-state index contributed by atoms with van der Waals surface area (Å²) in [7, 11) is -2.70. The number of nitrogens with zero attached hydrogens (tertiary/aromatic N) is 2. The number of ether oxygens (including phenoxy) is 1. The third-order valence-electron chi connectivity index (χ3n) is 5.76. The Bertz CT molecular complexity index is 1660. The molecule has 1 aromatic heterocycles. The Labute approximate surface area is 223 Å². The molecule has 4 aromatic rings. The van der Waals surface area contributed by atoms with Gasteiger partial charge in [0.15, 0.2) is 4.80 Å². The average Bonchev–Trinajstić information content (AvgIpc) is 3.23. The Balaban J connectivity index is 1.68. The van der Waals surface area contributed by atoms with Crippen LogP contribution in [0.25, 0.3) is 10.2 Å². The van der Waals surface area contributed by atoms with E-state index in [-0.39, 0.29) is 22.7 Å². The molecule has 0 aliphatic rings. The second kappa shape index (κ2) is 11.7. The minimum atomic E-state index is -3.99. The van der Waals surface area contributed by atoms with Crippen molar-refractivity contribution in [3.05, 3.63) is 88.5 Å². The first kappa shape index (κ1) is 27.2. The summed E-state index contributed by atoms with van der Waals surface area (Å²) in [5.74, 6) is -1.64. The molecule has 0 aliphatic carbocycles. The fraction of sp³-hybridized carbons (Fsp3) is 0.222. The number of fused-ring (bicyclic) bond motifs is 1. The Kier molecular flexibility index (Phi) is 8.38. The van der Waals surface area contributed by atoms with Crippen molar-refractivity contribution in [2.75, 3.05) is 11.8 Å². The van der Waals surface area contributed by atoms with E-state index in [1.165, 1.54) is 42.7 Å². The number of unbranched alkanes of at least 4 members (excludes halogenated alkanes) is 1. The van der Waals surface area contributed by atoms with Gasteiger partial charge in [0.05, 0.1) is 22.2 Å². The summed E-state index contributed by atoms with van der Waals surface area (Å²) < 4.78 is 48.3. The van der Waals surface area contributed by atoms with Crippen molar-refractivity contribution < 1.29 is 27.1 Å². The highest BCUT2D eigenvalue weighted by Crippen LogP contribution is 2.22. The van der Waals surface area contributed by atoms with Crippen LogP contribution < -0.4 is 9.52 Å². The summed E-state index contributed by atoms with van der Waals surface area (Å²) in [5.41, 5.74) is 2.21. The largest absolute Gasteiger partial charge is 0.468 e. The van der Waals surface area contributed by atoms with E-state index >= 15 is 0 Å². The summed E-state index contributed by atoms with van der Waals surface area (Å²) in [6.45, 7) is 2.01. The zero-order chi connectivity index (χ0) is 27.3. The Morgan fingerprint density at radius 3 is 2.55 bits per heavy atom. The Morgan fingerprint density at radius 2 is 1.84 bits per heavy atom. The van der Waals surface area contributed by atoms with E-state index < -0.39 is 27.7 Å². The fourth-order valence-electron chi connectivity index (χ4n) is 3.78. The minimum Gasteiger partial charge on any atom is -0.468 e. The second-order valence-electron chi connectivity index (χ2n) is 8.51. The van der Waals surface area contributed by atoms with Gasteiger partial charge in [-0.15, -0.1) is 0 Å². The van der Waals surface area contributed by atoms with E-state index in [4.69, 9.17) is 4.74 Å². The Hall–Kier alpha value is -3.83. The molecule has 38 heavy (non-hydrogen) atoms. The molecule has 0 atom stereocenters. The number of benzene rings is 3. The van der Waals surface area contributed by atoms with Crippen LogP contribution in [0, 0.1) is 5.82 Å². The third-order valence-corrected chi connectivity index (χ3v) is 8.20. The molecule has 0 aliphatic heterocycles. The van der Waals surface area contributed by atoms with E-state index in [0.717, 1.165) is 59.3 Å². The predicted octanol–water partition coefficient (Wildman–Crippen LogP) is 4.90. The molecule has 0 saturated heterocycles. The summed E-state index contributed by atoms with van der Waals surface area (Å²) in [4.78, 5) is 29.7. The summed E-state index contributed by atoms with van der Waals surface area (Å²) in [5, 5.41) is 0. The number of thiazole rings is 1. The molecule has 0 bridgehead atoms. The number of sulfonamides is 1. The van der Waals surface area contributed by atoms with Gasteiger partial charge >= 0.3 is 5.97 Å². The molecule has 8 nitrogen and oxygen atoms in total. The molecule has 1 N–H and O–H groups in total. The number of amides is 1. The maximum Gasteiger partial charge on any atom is 0.325 e. The van der Waals surface area contributed by atoms with Gasteiger partial charge in [-0.25, -0.2) is 12.8 Å². The van der Waals surface area contributed by atoms with E-state index in [1.807, 2.05) is 18.2 Å². The zero-order valence-corrected chi connectivity index (χ0v) is 22.4. The molecule has 1 amide bonds. The smallest absolute Gasteiger partial charge is 0.325 e. The summed E-state index contributed by atoms with van der Waals surface area (Å²) in [6, 6.07) is 16.3. The lowest BCUT2D eigenvalue weighted by Gasteiger charge is -2.09. The van der Waals surface area contributed by atoms with Crippen LogP contribution in [0.1, 0.15) is 35.7 Å². The van der Waals surface area contributed by atoms with Gasteiger partial charge in [0, 0.05) is 11.3 Å². The number of carbonyl (C=O) groups excluding carboxylic acids is 2. The minimum absolute atomic E-state index is 0.117. The summed E-state index contributed by atoms with van der Waals surface area (Å²) in [6.07, 6.45) is 3.04. The molecule has 3 aromatic carbocycles. The highest BCUT2D eigenvalue weighted by molar-refractivity contribution is 7.92. The number of esters is 1. The summed E-state index contributed by atoms with van der Waals surface area (Å²) >= 11 is 1.29. The topological polar surface area (TPSA) is 107 Å². The van der Waals surface area contributed by atoms with Crippen LogP contribution in [0.2, 0.25) is 0 Å². The number of aromatic nitrogens is 1. The van der Waals surface area contributed by atoms with Crippen molar-refractivity contribution >= 4 is 49.1 Å². The molecule has 0 radical (unpaired) electrons. The number of halogens is 1. The average molecular weight is 556 g/mol. The van der Waals surface area contributed by atoms with Gasteiger partial charge in [-0.3, -0.25) is 14.3 Å². The maximum atomic E-state index is 13.2. The first-order valence-corrected chi connectivity index (χ1v) is 14.2. The van der Waals surface area contributed by atoms with Crippen LogP contribution >= 0.6 is 11.3 Å². The normalized spacial score (nSPS) is 12.0. The number of hydrogen-bond donors (Lipinski definition) is 1. The lowest BCUT2D eigenvalue weighted by molar-refractivity contribution is -0.141. The van der Waals surface area contributed by atoms with E-state index in [2.05, 4.69) is 16.6 Å². The maximum absolute atomic E-state index is 13.2. The molecule has 4 rings (SSSR count). The van der Waals surface area contributed by atoms with Crippen molar-refractivity contribution in [2.24, 2.45) is 4.99 Å². The number of aryl methyl sites for hydroxylation is 1. The van der Waals surface area contributed by atoms with Crippen LogP contribution in [0.3, 0.4) is 0 Å². The van der Waals surface area contributed by atoms with Gasteiger partial charge in [-0.05, 0) is 73.0 Å². The molecular formula is C27H26FN3O5S2. The van der Waals surface area contributed by atoms with Crippen molar-refractivity contribution in [3.8, 4) is 0 Å². The second-order valence-corrected chi connectivity index (χ2v) is 11.2. The molecule has 1 heterocycles. The van der Waals surface area contributed by atoms with Crippen LogP contribution in [-0.4, -0.2) is 32.0 Å². The van der Waals surface area contributed by atoms with Crippen molar-refractivity contribution in [1.29, 1.82) is 0 Å². The first-order chi connectivity index (χ1) is 18.2. The standard InChI is InChI=1S/C27H26FN3O5S2/c1-3-4-6-18-9-14-23-24(15-18)37-27(31(23)17-25(32)36-2)29-26(33)19-7-5-8-21(16-19)30-38(34,35)22-12-10-20(28)11-13-22/h5,7-16,30H,3-4,6,17H2,1-2H3. The number of carbonyl (C=O) groups is 2. The fourth-order valence-corrected chi connectivity index (χ4v) is 5.92. The van der Waals surface area contributed by atoms with Gasteiger partial charge in [-0.2, -0.15) is 4.99 Å². The molecule has 198 valence electrons. The quantitative estimate of drug-likeness (QED) is 0.296. The molecule has 0 saturated carbocycles. The van der Waals surface area contributed by atoms with Gasteiger partial charge in [0.25, 0.3) is 15.9 Å². The molecule has 0 spiro atoms. The van der Waals surface area contributed by atoms with Crippen LogP contribution in [0.15, 0.2) is 76.6 Å². The number of methoxy groups -OCH3 is 1. The van der Waals surface area contributed by atoms with Crippen molar-refractivity contribution in [3.63, 3.8) is 0 Å². The van der Waals surface area contributed by atoms with E-state index in [1.54, 1.807) is 4.57 Å². The molecule has 0 fully saturated rings. The highest BCUT2D eigenvalue weighted by atomic mass is 32.2. The zero-order valence-electron chi connectivity index (χ0n) is 20.8. The molecular weight excluding hydrogens is 529 g/mol. The van der Waals surface area contributed by atoms with Crippen molar-refractivity contribution in [1.82, 2.24) is 4.57 Å². The molecule has 0 unspecified atom stereocenters. The predicted molar refractivity (Wildman–Crippen MR) is 144 cm³/mol. The van der Waals surface area contributed by atoms with Gasteiger partial charge < -0.3 is 9.30 Å². The lowest BCUT2D eigenvalue weighted by atomic mass is 10.1. The SMILES string of the molecule is CCCCc1ccc2c(c1)sc(=NC(=O)c1cccc(NS(=O)(=O)c3ccc(F)cc3)c1)n2CC(=O)OC. The van der Waals surface area contributed by atoms with Crippen LogP contribution in [0.5, 0.6) is 0 Å². The lowest BCUT2D eigenvalue weighted by Crippen LogP contribution is -2.22. The highest BCUT2D eigenvalue weighted by Gasteiger charge is 2.16. The van der Waals surface area contributed by atoms with Gasteiger partial charge in [0.1, 0.15) is 12.4 Å². The number of rotatable bonds is 9. The van der Waals surface area contributed by atoms with Crippen LogP contribution in [-0.2, 0) is 32.5 Å². The Morgan fingerprint density at radius 1 is 1.08 bits per heavy atom. The van der Waals surface area contributed by atoms with E-state index in [0.29, 0.717) is 4.80 Å². The monoisotopic (exact) mass is 555 g/mol. The molecule has 11 heteroatoms.